The maximum absolute atomic E-state index is 3.93. The molecule has 0 bridgehead atoms. The van der Waals surface area contributed by atoms with Crippen molar-refractivity contribution in [1.82, 2.24) is 0 Å². The van der Waals surface area contributed by atoms with Crippen LogP contribution in [-0.2, 0) is 6.42 Å². The fourth-order valence-electron chi connectivity index (χ4n) is 3.03. The van der Waals surface area contributed by atoms with Crippen molar-refractivity contribution in [3.8, 4) is 0 Å². The molecule has 0 heterocycles. The molecule has 0 aromatic heterocycles. The number of aryl methyl sites for hydroxylation is 1. The van der Waals surface area contributed by atoms with Gasteiger partial charge in [-0.25, -0.2) is 0 Å². The van der Waals surface area contributed by atoms with Crippen LogP contribution in [0.15, 0.2) is 55.2 Å². The van der Waals surface area contributed by atoms with Crippen molar-refractivity contribution in [2.75, 3.05) is 0 Å². The first-order valence-electron chi connectivity index (χ1n) is 8.56. The maximum Gasteiger partial charge on any atom is -0.00136 e. The molecule has 2 rings (SSSR count). The molecular weight excluding hydrogens is 276 g/mol. The molecule has 23 heavy (non-hydrogen) atoms. The highest BCUT2D eigenvalue weighted by Crippen LogP contribution is 2.33. The summed E-state index contributed by atoms with van der Waals surface area (Å²) in [6.45, 7) is 20.0. The Morgan fingerprint density at radius 2 is 1.65 bits per heavy atom. The maximum atomic E-state index is 3.93. The van der Waals surface area contributed by atoms with Crippen LogP contribution >= 0.6 is 0 Å². The predicted octanol–water partition coefficient (Wildman–Crippen LogP) is 7.10. The van der Waals surface area contributed by atoms with Crippen LogP contribution < -0.4 is 0 Å². The Morgan fingerprint density at radius 1 is 1.04 bits per heavy atom. The van der Waals surface area contributed by atoms with Gasteiger partial charge in [0.25, 0.3) is 0 Å². The second-order valence-corrected chi connectivity index (χ2v) is 5.53. The van der Waals surface area contributed by atoms with Crippen LogP contribution in [-0.4, -0.2) is 0 Å². The number of hydrogen-bond acceptors (Lipinski definition) is 0. The summed E-state index contributed by atoms with van der Waals surface area (Å²) in [4.78, 5) is 0. The summed E-state index contributed by atoms with van der Waals surface area (Å²) in [6.07, 6.45) is 12.6. The molecule has 1 atom stereocenters. The fourth-order valence-corrected chi connectivity index (χ4v) is 3.03. The monoisotopic (exact) mass is 306 g/mol. The number of allylic oxidation sites excluding steroid dienone is 4. The lowest BCUT2D eigenvalue weighted by molar-refractivity contribution is 0.826. The minimum atomic E-state index is 0.397. The Morgan fingerprint density at radius 3 is 2.17 bits per heavy atom. The molecule has 0 fully saturated rings. The molecule has 122 valence electrons. The molecule has 1 aliphatic rings. The van der Waals surface area contributed by atoms with Crippen molar-refractivity contribution in [1.29, 1.82) is 0 Å². The first-order chi connectivity index (χ1) is 11.1. The lowest BCUT2D eigenvalue weighted by atomic mass is 9.83. The second-order valence-electron chi connectivity index (χ2n) is 5.53. The van der Waals surface area contributed by atoms with E-state index in [1.807, 2.05) is 32.1 Å². The zero-order chi connectivity index (χ0) is 17.4. The third kappa shape index (κ3) is 4.22. The minimum absolute atomic E-state index is 0.397. The molecule has 0 saturated heterocycles. The number of rotatable bonds is 5. The lowest BCUT2D eigenvalue weighted by Crippen LogP contribution is -2.06. The molecule has 1 unspecified atom stereocenters. The number of benzene rings is 1. The highest BCUT2D eigenvalue weighted by atomic mass is 14.2. The van der Waals surface area contributed by atoms with Gasteiger partial charge in [-0.2, -0.15) is 0 Å². The van der Waals surface area contributed by atoms with Crippen molar-refractivity contribution in [3.05, 3.63) is 77.4 Å². The molecule has 1 aromatic rings. The Balaban J connectivity index is 0.00000127. The molecule has 1 aliphatic carbocycles. The van der Waals surface area contributed by atoms with Gasteiger partial charge in [-0.3, -0.25) is 0 Å². The summed E-state index contributed by atoms with van der Waals surface area (Å²) in [7, 11) is 0. The normalized spacial score (nSPS) is 14.6. The van der Waals surface area contributed by atoms with E-state index in [9.17, 15) is 0 Å². The van der Waals surface area contributed by atoms with E-state index in [1.54, 1.807) is 0 Å². The van der Waals surface area contributed by atoms with Crippen molar-refractivity contribution < 1.29 is 0 Å². The highest BCUT2D eigenvalue weighted by molar-refractivity contribution is 5.72. The standard InChI is InChI=1S/C21H24.C2H6/c1-6-15(5)21(9-4)19-11-10-18-12-16(7-2)17(8-3)13-20(18)14-19;1-2/h6-9,12-15H,1-3,10-11H2,4-5H3;1-2H3/b21-9+;. The molecule has 0 aliphatic heterocycles. The summed E-state index contributed by atoms with van der Waals surface area (Å²) in [5, 5.41) is 0. The van der Waals surface area contributed by atoms with Crippen LogP contribution in [0.3, 0.4) is 0 Å². The van der Waals surface area contributed by atoms with E-state index < -0.39 is 0 Å². The van der Waals surface area contributed by atoms with Crippen LogP contribution in [0.5, 0.6) is 0 Å². The highest BCUT2D eigenvalue weighted by Gasteiger charge is 2.16. The van der Waals surface area contributed by atoms with Crippen LogP contribution in [0, 0.1) is 5.92 Å². The van der Waals surface area contributed by atoms with Crippen molar-refractivity contribution in [2.24, 2.45) is 5.92 Å². The second kappa shape index (κ2) is 9.15. The molecular formula is C23H30. The molecule has 0 nitrogen and oxygen atoms in total. The van der Waals surface area contributed by atoms with Crippen molar-refractivity contribution in [2.45, 2.75) is 40.5 Å². The molecule has 0 spiro atoms. The first-order valence-corrected chi connectivity index (χ1v) is 8.56. The van der Waals surface area contributed by atoms with Gasteiger partial charge in [-0.15, -0.1) is 6.58 Å². The Labute approximate surface area is 142 Å². The fraction of sp³-hybridized carbons (Fsp3) is 0.304. The number of hydrogen-bond donors (Lipinski definition) is 0. The minimum Gasteiger partial charge on any atom is -0.102 e. The zero-order valence-electron chi connectivity index (χ0n) is 15.2. The van der Waals surface area contributed by atoms with Gasteiger partial charge < -0.3 is 0 Å². The number of fused-ring (bicyclic) bond motifs is 1. The molecule has 0 radical (unpaired) electrons. The summed E-state index contributed by atoms with van der Waals surface area (Å²) in [5.41, 5.74) is 7.86. The summed E-state index contributed by atoms with van der Waals surface area (Å²) in [6, 6.07) is 4.48. The van der Waals surface area contributed by atoms with Gasteiger partial charge in [0.15, 0.2) is 0 Å². The van der Waals surface area contributed by atoms with E-state index in [0.29, 0.717) is 5.92 Å². The zero-order valence-corrected chi connectivity index (χ0v) is 15.2. The summed E-state index contributed by atoms with van der Waals surface area (Å²) in [5.74, 6) is 0.397. The average molecular weight is 306 g/mol. The van der Waals surface area contributed by atoms with Gasteiger partial charge in [0.1, 0.15) is 0 Å². The molecule has 1 aromatic carbocycles. The van der Waals surface area contributed by atoms with Crippen LogP contribution in [0.1, 0.15) is 56.4 Å². The van der Waals surface area contributed by atoms with Gasteiger partial charge in [-0.05, 0) is 65.1 Å². The lowest BCUT2D eigenvalue weighted by Gasteiger charge is -2.22. The van der Waals surface area contributed by atoms with Gasteiger partial charge in [-0.1, -0.05) is 70.4 Å². The van der Waals surface area contributed by atoms with Crippen molar-refractivity contribution in [3.63, 3.8) is 0 Å². The van der Waals surface area contributed by atoms with E-state index in [-0.39, 0.29) is 0 Å². The summed E-state index contributed by atoms with van der Waals surface area (Å²) < 4.78 is 0. The van der Waals surface area contributed by atoms with Crippen molar-refractivity contribution >= 4 is 18.2 Å². The van der Waals surface area contributed by atoms with E-state index >= 15 is 0 Å². The first kappa shape index (κ1) is 19.0. The van der Waals surface area contributed by atoms with E-state index in [2.05, 4.69) is 57.9 Å². The average Bonchev–Trinajstić information content (AvgIpc) is 2.62. The smallest absolute Gasteiger partial charge is 0.00136 e. The third-order valence-corrected chi connectivity index (χ3v) is 4.30. The van der Waals surface area contributed by atoms with Crippen LogP contribution in [0.25, 0.3) is 18.2 Å². The Hall–Kier alpha value is -2.08. The van der Waals surface area contributed by atoms with Gasteiger partial charge >= 0.3 is 0 Å². The van der Waals surface area contributed by atoms with Crippen LogP contribution in [0.4, 0.5) is 0 Å². The summed E-state index contributed by atoms with van der Waals surface area (Å²) >= 11 is 0. The van der Waals surface area contributed by atoms with E-state index in [1.165, 1.54) is 27.8 Å². The van der Waals surface area contributed by atoms with E-state index in [0.717, 1.165) is 18.4 Å². The molecule has 0 amide bonds. The Bertz CT molecular complexity index is 638. The molecule has 0 saturated carbocycles. The molecule has 0 N–H and O–H groups in total. The topological polar surface area (TPSA) is 0 Å². The van der Waals surface area contributed by atoms with E-state index in [4.69, 9.17) is 0 Å². The van der Waals surface area contributed by atoms with Gasteiger partial charge in [0, 0.05) is 0 Å². The molecule has 0 heteroatoms. The van der Waals surface area contributed by atoms with Crippen LogP contribution in [0.2, 0.25) is 0 Å². The SMILES string of the molecule is C=Cc1cc2c(cc1C=C)CCC(/C(=C/C)C(C)C=C)=C2.CC. The predicted molar refractivity (Wildman–Crippen MR) is 107 cm³/mol. The Kier molecular flexibility index (Phi) is 7.54. The van der Waals surface area contributed by atoms with Gasteiger partial charge in [0.2, 0.25) is 0 Å². The largest absolute Gasteiger partial charge is 0.102 e. The van der Waals surface area contributed by atoms with Gasteiger partial charge in [0.05, 0.1) is 0 Å². The third-order valence-electron chi connectivity index (χ3n) is 4.30. The quantitative estimate of drug-likeness (QED) is 0.509.